The summed E-state index contributed by atoms with van der Waals surface area (Å²) in [6, 6.07) is 16.1. The van der Waals surface area contributed by atoms with E-state index >= 15 is 0 Å². The summed E-state index contributed by atoms with van der Waals surface area (Å²) >= 11 is 6.81. The molecule has 0 fully saturated rings. The van der Waals surface area contributed by atoms with Gasteiger partial charge in [-0.05, 0) is 54.1 Å². The molecule has 0 aliphatic heterocycles. The number of allylic oxidation sites excluding steroid dienone is 1. The smallest absolute Gasteiger partial charge is 0.0249 e. The molecule has 0 bridgehead atoms. The first-order valence-electron chi connectivity index (χ1n) is 5.43. The number of halogens is 2. The van der Waals surface area contributed by atoms with E-state index in [-0.39, 0.29) is 0 Å². The van der Waals surface area contributed by atoms with Gasteiger partial charge in [0, 0.05) is 14.5 Å². The van der Waals surface area contributed by atoms with Crippen LogP contribution in [0.4, 0.5) is 0 Å². The summed E-state index contributed by atoms with van der Waals surface area (Å²) < 4.78 is 2.15. The van der Waals surface area contributed by atoms with Gasteiger partial charge in [-0.25, -0.2) is 0 Å². The summed E-state index contributed by atoms with van der Waals surface area (Å²) in [4.78, 5) is 0. The van der Waals surface area contributed by atoms with E-state index < -0.39 is 0 Å². The van der Waals surface area contributed by atoms with Crippen LogP contribution in [0.5, 0.6) is 0 Å². The maximum atomic E-state index is 3.41. The van der Waals surface area contributed by atoms with E-state index in [0.29, 0.717) is 0 Å². The molecule has 2 rings (SSSR count). The fourth-order valence-electron chi connectivity index (χ4n) is 1.37. The van der Waals surface area contributed by atoms with E-state index in [0.717, 1.165) is 20.1 Å². The lowest BCUT2D eigenvalue weighted by Crippen LogP contribution is -1.72. The Morgan fingerprint density at radius 2 is 1.33 bits per heavy atom. The lowest BCUT2D eigenvalue weighted by Gasteiger charge is -1.91. The first kappa shape index (κ1) is 13.1. The van der Waals surface area contributed by atoms with Gasteiger partial charge in [0.25, 0.3) is 0 Å². The molecule has 0 N–H and O–H groups in total. The molecule has 0 spiro atoms. The summed E-state index contributed by atoms with van der Waals surface area (Å²) in [5, 5.41) is 0. The van der Waals surface area contributed by atoms with E-state index in [9.17, 15) is 0 Å². The van der Waals surface area contributed by atoms with Crippen LogP contribution in [0.15, 0.2) is 63.6 Å². The van der Waals surface area contributed by atoms with E-state index in [4.69, 9.17) is 0 Å². The first-order valence-corrected chi connectivity index (χ1v) is 7.02. The van der Waals surface area contributed by atoms with Gasteiger partial charge in [0.15, 0.2) is 0 Å². The fraction of sp³-hybridized carbons (Fsp3) is 0. The second-order valence-corrected chi connectivity index (χ2v) is 5.49. The maximum absolute atomic E-state index is 3.41. The van der Waals surface area contributed by atoms with Crippen molar-refractivity contribution < 1.29 is 0 Å². The van der Waals surface area contributed by atoms with Crippen LogP contribution in [-0.4, -0.2) is 0 Å². The molecule has 0 amide bonds. The third-order valence-corrected chi connectivity index (χ3v) is 3.35. The molecule has 2 aromatic carbocycles. The Morgan fingerprint density at radius 1 is 0.778 bits per heavy atom. The van der Waals surface area contributed by atoms with Crippen LogP contribution in [0.1, 0.15) is 11.1 Å². The zero-order chi connectivity index (χ0) is 12.8. The van der Waals surface area contributed by atoms with Crippen molar-refractivity contribution in [2.75, 3.05) is 0 Å². The lowest BCUT2D eigenvalue weighted by molar-refractivity contribution is 1.60. The van der Waals surface area contributed by atoms with Crippen molar-refractivity contribution in [1.29, 1.82) is 0 Å². The molecule has 0 unspecified atom stereocenters. The maximum Gasteiger partial charge on any atom is 0.0249 e. The lowest BCUT2D eigenvalue weighted by atomic mass is 10.2. The molecule has 0 atom stereocenters. The molecule has 0 saturated heterocycles. The Balaban J connectivity index is 2.03. The number of benzene rings is 2. The Bertz CT molecular complexity index is 596. The zero-order valence-corrected chi connectivity index (χ0v) is 12.7. The Labute approximate surface area is 124 Å². The highest BCUT2D eigenvalue weighted by Crippen LogP contribution is 2.11. The third kappa shape index (κ3) is 4.18. The number of rotatable bonds is 1. The summed E-state index contributed by atoms with van der Waals surface area (Å²) in [6.45, 7) is 0. The van der Waals surface area contributed by atoms with Crippen LogP contribution in [0, 0.1) is 11.8 Å². The summed E-state index contributed by atoms with van der Waals surface area (Å²) in [6.07, 6.45) is 3.86. The van der Waals surface area contributed by atoms with Crippen LogP contribution in [0.2, 0.25) is 0 Å². The van der Waals surface area contributed by atoms with Crippen LogP contribution in [-0.2, 0) is 0 Å². The van der Waals surface area contributed by atoms with E-state index in [1.54, 1.807) is 0 Å². The Hall–Kier alpha value is -1.30. The van der Waals surface area contributed by atoms with Crippen molar-refractivity contribution in [2.24, 2.45) is 0 Å². The van der Waals surface area contributed by atoms with Crippen molar-refractivity contribution in [1.82, 2.24) is 0 Å². The minimum absolute atomic E-state index is 1.01. The van der Waals surface area contributed by atoms with Gasteiger partial charge in [-0.1, -0.05) is 55.8 Å². The first-order chi connectivity index (χ1) is 8.74. The standard InChI is InChI=1S/C16H10Br2/c17-15-9-5-13(6-10-15)3-1-2-4-14-7-11-16(18)12-8-14/h1,3,5-12H/b3-1-. The molecular weight excluding hydrogens is 352 g/mol. The van der Waals surface area contributed by atoms with Crippen molar-refractivity contribution in [3.8, 4) is 11.8 Å². The highest BCUT2D eigenvalue weighted by Gasteiger charge is 1.87. The molecule has 0 heterocycles. The Kier molecular flexibility index (Phi) is 4.81. The van der Waals surface area contributed by atoms with Gasteiger partial charge >= 0.3 is 0 Å². The predicted molar refractivity (Wildman–Crippen MR) is 84.2 cm³/mol. The highest BCUT2D eigenvalue weighted by atomic mass is 79.9. The molecule has 0 radical (unpaired) electrons. The number of hydrogen-bond acceptors (Lipinski definition) is 0. The summed E-state index contributed by atoms with van der Waals surface area (Å²) in [7, 11) is 0. The summed E-state index contributed by atoms with van der Waals surface area (Å²) in [5.41, 5.74) is 2.15. The molecule has 2 heteroatoms. The van der Waals surface area contributed by atoms with Gasteiger partial charge in [0.05, 0.1) is 0 Å². The molecule has 2 aromatic rings. The molecule has 0 saturated carbocycles. The monoisotopic (exact) mass is 360 g/mol. The fourth-order valence-corrected chi connectivity index (χ4v) is 1.90. The Morgan fingerprint density at radius 3 is 1.94 bits per heavy atom. The van der Waals surface area contributed by atoms with Crippen molar-refractivity contribution in [2.45, 2.75) is 0 Å². The highest BCUT2D eigenvalue weighted by molar-refractivity contribution is 9.10. The van der Waals surface area contributed by atoms with Crippen molar-refractivity contribution in [3.05, 3.63) is 74.7 Å². The molecular formula is C16H10Br2. The van der Waals surface area contributed by atoms with Crippen LogP contribution >= 0.6 is 31.9 Å². The summed E-state index contributed by atoms with van der Waals surface area (Å²) in [5.74, 6) is 6.11. The molecule has 0 aromatic heterocycles. The van der Waals surface area contributed by atoms with Gasteiger partial charge in [-0.15, -0.1) is 0 Å². The normalized spacial score (nSPS) is 10.1. The zero-order valence-electron chi connectivity index (χ0n) is 9.53. The topological polar surface area (TPSA) is 0 Å². The van der Waals surface area contributed by atoms with Crippen LogP contribution < -0.4 is 0 Å². The average molecular weight is 362 g/mol. The molecule has 88 valence electrons. The third-order valence-electron chi connectivity index (χ3n) is 2.29. The quantitative estimate of drug-likeness (QED) is 0.606. The average Bonchev–Trinajstić information content (AvgIpc) is 2.39. The van der Waals surface area contributed by atoms with E-state index in [2.05, 4.69) is 43.7 Å². The van der Waals surface area contributed by atoms with Gasteiger partial charge in [-0.3, -0.25) is 0 Å². The van der Waals surface area contributed by atoms with Crippen molar-refractivity contribution >= 4 is 37.9 Å². The molecule has 18 heavy (non-hydrogen) atoms. The number of hydrogen-bond donors (Lipinski definition) is 0. The molecule has 0 aliphatic carbocycles. The largest absolute Gasteiger partial charge is 0.0696 e. The van der Waals surface area contributed by atoms with Gasteiger partial charge in [0.1, 0.15) is 0 Å². The minimum Gasteiger partial charge on any atom is -0.0696 e. The van der Waals surface area contributed by atoms with Crippen molar-refractivity contribution in [3.63, 3.8) is 0 Å². The second kappa shape index (κ2) is 6.58. The van der Waals surface area contributed by atoms with Gasteiger partial charge < -0.3 is 0 Å². The second-order valence-electron chi connectivity index (χ2n) is 3.66. The molecule has 0 aliphatic rings. The van der Waals surface area contributed by atoms with Gasteiger partial charge in [-0.2, -0.15) is 0 Å². The van der Waals surface area contributed by atoms with E-state index in [1.165, 1.54) is 0 Å². The minimum atomic E-state index is 1.01. The van der Waals surface area contributed by atoms with Crippen LogP contribution in [0.3, 0.4) is 0 Å². The predicted octanol–water partition coefficient (Wildman–Crippen LogP) is 5.28. The SMILES string of the molecule is Brc1ccc(C#C/C=C\c2ccc(Br)cc2)cc1. The van der Waals surface area contributed by atoms with Crippen LogP contribution in [0.25, 0.3) is 6.08 Å². The van der Waals surface area contributed by atoms with Gasteiger partial charge in [0.2, 0.25) is 0 Å². The van der Waals surface area contributed by atoms with E-state index in [1.807, 2.05) is 60.7 Å². The molecule has 0 nitrogen and oxygen atoms in total.